The van der Waals surface area contributed by atoms with Crippen molar-refractivity contribution >= 4 is 11.6 Å². The first-order chi connectivity index (χ1) is 8.97. The van der Waals surface area contributed by atoms with Gasteiger partial charge in [0.25, 0.3) is 11.6 Å². The summed E-state index contributed by atoms with van der Waals surface area (Å²) in [6, 6.07) is 4.99. The Morgan fingerprint density at radius 2 is 2.11 bits per heavy atom. The topological polar surface area (TPSA) is 125 Å². The van der Waals surface area contributed by atoms with E-state index >= 15 is 0 Å². The minimum Gasteiger partial charge on any atom is -0.391 e. The van der Waals surface area contributed by atoms with Crippen LogP contribution in [0, 0.1) is 10.1 Å². The number of rotatable bonds is 6. The maximum atomic E-state index is 11.3. The summed E-state index contributed by atoms with van der Waals surface area (Å²) in [6.45, 7) is 1.38. The van der Waals surface area contributed by atoms with Crippen LogP contribution in [0.2, 0.25) is 0 Å². The van der Waals surface area contributed by atoms with Gasteiger partial charge in [-0.3, -0.25) is 25.4 Å². The number of amides is 1. The van der Waals surface area contributed by atoms with Gasteiger partial charge in [-0.1, -0.05) is 18.2 Å². The van der Waals surface area contributed by atoms with Crippen LogP contribution >= 0.6 is 0 Å². The van der Waals surface area contributed by atoms with Crippen molar-refractivity contribution in [2.75, 3.05) is 0 Å². The quantitative estimate of drug-likeness (QED) is 0.326. The van der Waals surface area contributed by atoms with Gasteiger partial charge in [-0.05, 0) is 6.92 Å². The van der Waals surface area contributed by atoms with Gasteiger partial charge in [-0.25, -0.2) is 5.48 Å². The largest absolute Gasteiger partial charge is 0.391 e. The van der Waals surface area contributed by atoms with Crippen LogP contribution in [0.5, 0.6) is 0 Å². The molecule has 0 radical (unpaired) electrons. The van der Waals surface area contributed by atoms with E-state index in [4.69, 9.17) is 5.21 Å². The number of nitrogens with zero attached hydrogens (tertiary/aromatic N) is 1. The number of aliphatic hydroxyl groups excluding tert-OH is 1. The second kappa shape index (κ2) is 6.78. The number of nitro groups is 1. The zero-order valence-electron chi connectivity index (χ0n) is 10.2. The molecule has 0 aromatic heterocycles. The van der Waals surface area contributed by atoms with E-state index in [1.165, 1.54) is 24.5 Å². The normalized spacial score (nSPS) is 13.6. The first-order valence-electron chi connectivity index (χ1n) is 5.55. The zero-order valence-corrected chi connectivity index (χ0v) is 10.2. The van der Waals surface area contributed by atoms with Crippen molar-refractivity contribution in [2.45, 2.75) is 25.6 Å². The van der Waals surface area contributed by atoms with Gasteiger partial charge in [0.2, 0.25) is 0 Å². The fraction of sp³-hybridized carbons (Fsp3) is 0.364. The molecular weight excluding hydrogens is 254 g/mol. The van der Waals surface area contributed by atoms with E-state index in [0.717, 1.165) is 0 Å². The van der Waals surface area contributed by atoms with E-state index in [0.29, 0.717) is 5.56 Å². The van der Waals surface area contributed by atoms with E-state index in [-0.39, 0.29) is 12.2 Å². The highest BCUT2D eigenvalue weighted by atomic mass is 16.6. The lowest BCUT2D eigenvalue weighted by Crippen LogP contribution is -2.49. The van der Waals surface area contributed by atoms with Gasteiger partial charge in [0.1, 0.15) is 6.04 Å². The molecule has 0 spiro atoms. The molecule has 0 saturated carbocycles. The third kappa shape index (κ3) is 3.98. The van der Waals surface area contributed by atoms with Crippen LogP contribution in [0.1, 0.15) is 12.5 Å². The Morgan fingerprint density at radius 3 is 2.63 bits per heavy atom. The van der Waals surface area contributed by atoms with E-state index in [1.54, 1.807) is 12.1 Å². The molecule has 1 rings (SSSR count). The monoisotopic (exact) mass is 269 g/mol. The molecule has 1 aromatic carbocycles. The summed E-state index contributed by atoms with van der Waals surface area (Å²) in [4.78, 5) is 21.5. The molecule has 4 N–H and O–H groups in total. The minimum absolute atomic E-state index is 0.0140. The maximum Gasteiger partial charge on any atom is 0.273 e. The van der Waals surface area contributed by atoms with Gasteiger partial charge < -0.3 is 5.11 Å². The summed E-state index contributed by atoms with van der Waals surface area (Å²) in [6.07, 6.45) is -1.06. The number of carbonyl (C=O) groups is 1. The number of hydroxylamine groups is 1. The second-order valence-electron chi connectivity index (χ2n) is 3.96. The number of carbonyl (C=O) groups excluding carboxylic acids is 1. The molecule has 1 amide bonds. The molecule has 8 heteroatoms. The van der Waals surface area contributed by atoms with Crippen LogP contribution < -0.4 is 10.8 Å². The van der Waals surface area contributed by atoms with Crippen molar-refractivity contribution in [1.29, 1.82) is 0 Å². The van der Waals surface area contributed by atoms with Crippen molar-refractivity contribution < 1.29 is 20.0 Å². The van der Waals surface area contributed by atoms with Gasteiger partial charge in [0.15, 0.2) is 0 Å². The lowest BCUT2D eigenvalue weighted by Gasteiger charge is -2.19. The molecule has 2 atom stereocenters. The van der Waals surface area contributed by atoms with Crippen molar-refractivity contribution in [3.05, 3.63) is 39.9 Å². The molecule has 0 bridgehead atoms. The molecule has 0 unspecified atom stereocenters. The third-order valence-electron chi connectivity index (χ3n) is 2.58. The first-order valence-corrected chi connectivity index (χ1v) is 5.55. The standard InChI is InChI=1S/C11H15N3O5/c1-7(15)10(11(16)13-17)12-6-8-4-2-3-5-9(8)14(18)19/h2-5,7,10,12,15,17H,6H2,1H3,(H,13,16)/t7-,10+/m1/s1. The average Bonchev–Trinajstić information content (AvgIpc) is 2.38. The molecule has 0 aliphatic carbocycles. The highest BCUT2D eigenvalue weighted by Gasteiger charge is 2.23. The lowest BCUT2D eigenvalue weighted by atomic mass is 10.1. The van der Waals surface area contributed by atoms with Crippen LogP contribution in [0.4, 0.5) is 5.69 Å². The van der Waals surface area contributed by atoms with Gasteiger partial charge in [-0.2, -0.15) is 0 Å². The zero-order chi connectivity index (χ0) is 14.4. The summed E-state index contributed by atoms with van der Waals surface area (Å²) in [7, 11) is 0. The van der Waals surface area contributed by atoms with Crippen molar-refractivity contribution in [1.82, 2.24) is 10.8 Å². The van der Waals surface area contributed by atoms with Gasteiger partial charge >= 0.3 is 0 Å². The second-order valence-corrected chi connectivity index (χ2v) is 3.96. The third-order valence-corrected chi connectivity index (χ3v) is 2.58. The minimum atomic E-state index is -1.06. The molecule has 104 valence electrons. The summed E-state index contributed by atoms with van der Waals surface area (Å²) < 4.78 is 0. The highest BCUT2D eigenvalue weighted by molar-refractivity contribution is 5.81. The van der Waals surface area contributed by atoms with Crippen molar-refractivity contribution in [2.24, 2.45) is 0 Å². The van der Waals surface area contributed by atoms with Crippen LogP contribution in [0.3, 0.4) is 0 Å². The Bertz CT molecular complexity index is 463. The number of aliphatic hydroxyl groups is 1. The van der Waals surface area contributed by atoms with E-state index in [1.807, 2.05) is 0 Å². The molecule has 0 aliphatic rings. The Labute approximate surface area is 109 Å². The van der Waals surface area contributed by atoms with Crippen molar-refractivity contribution in [3.8, 4) is 0 Å². The first kappa shape index (κ1) is 15.0. The number of nitro benzene ring substituents is 1. The van der Waals surface area contributed by atoms with E-state index in [2.05, 4.69) is 5.32 Å². The lowest BCUT2D eigenvalue weighted by molar-refractivity contribution is -0.385. The highest BCUT2D eigenvalue weighted by Crippen LogP contribution is 2.17. The smallest absolute Gasteiger partial charge is 0.273 e. The van der Waals surface area contributed by atoms with Crippen LogP contribution in [0.15, 0.2) is 24.3 Å². The SMILES string of the molecule is C[C@@H](O)[C@H](NCc1ccccc1[N+](=O)[O-])C(=O)NO. The maximum absolute atomic E-state index is 11.3. The number of benzene rings is 1. The van der Waals surface area contributed by atoms with Gasteiger partial charge in [0, 0.05) is 18.2 Å². The Hall–Kier alpha value is -2.03. The molecule has 0 heterocycles. The van der Waals surface area contributed by atoms with Crippen LogP contribution in [-0.4, -0.2) is 33.3 Å². The van der Waals surface area contributed by atoms with Crippen LogP contribution in [-0.2, 0) is 11.3 Å². The Kier molecular flexibility index (Phi) is 5.37. The Morgan fingerprint density at radius 1 is 1.47 bits per heavy atom. The number of para-hydroxylation sites is 1. The molecule has 0 fully saturated rings. The molecule has 19 heavy (non-hydrogen) atoms. The average molecular weight is 269 g/mol. The number of hydrogen-bond donors (Lipinski definition) is 4. The summed E-state index contributed by atoms with van der Waals surface area (Å²) in [5.74, 6) is -0.811. The summed E-state index contributed by atoms with van der Waals surface area (Å²) in [5, 5.41) is 31.4. The fourth-order valence-corrected chi connectivity index (χ4v) is 1.61. The number of nitrogens with one attached hydrogen (secondary N) is 2. The number of hydrogen-bond acceptors (Lipinski definition) is 6. The summed E-state index contributed by atoms with van der Waals surface area (Å²) in [5.41, 5.74) is 1.72. The van der Waals surface area contributed by atoms with E-state index in [9.17, 15) is 20.0 Å². The van der Waals surface area contributed by atoms with Crippen molar-refractivity contribution in [3.63, 3.8) is 0 Å². The molecule has 8 nitrogen and oxygen atoms in total. The predicted molar refractivity (Wildman–Crippen MR) is 65.3 cm³/mol. The Balaban J connectivity index is 2.80. The summed E-state index contributed by atoms with van der Waals surface area (Å²) >= 11 is 0. The molecule has 1 aromatic rings. The molecular formula is C11H15N3O5. The molecule has 0 saturated heterocycles. The van der Waals surface area contributed by atoms with Gasteiger partial charge in [0.05, 0.1) is 11.0 Å². The molecule has 0 aliphatic heterocycles. The van der Waals surface area contributed by atoms with E-state index < -0.39 is 23.0 Å². The predicted octanol–water partition coefficient (Wildman–Crippen LogP) is -0.0608. The van der Waals surface area contributed by atoms with Gasteiger partial charge in [-0.15, -0.1) is 0 Å². The van der Waals surface area contributed by atoms with Crippen LogP contribution in [0.25, 0.3) is 0 Å². The fourth-order valence-electron chi connectivity index (χ4n) is 1.61.